The highest BCUT2D eigenvalue weighted by molar-refractivity contribution is 5.53. The maximum absolute atomic E-state index is 12.7. The Labute approximate surface area is 123 Å². The Balaban J connectivity index is 1.85. The van der Waals surface area contributed by atoms with Crippen molar-refractivity contribution in [2.24, 2.45) is 0 Å². The van der Waals surface area contributed by atoms with Crippen LogP contribution in [-0.2, 0) is 6.18 Å². The van der Waals surface area contributed by atoms with Gasteiger partial charge in [0.05, 0.1) is 35.5 Å². The molecule has 0 bridgehead atoms. The van der Waals surface area contributed by atoms with Crippen molar-refractivity contribution in [2.45, 2.75) is 6.18 Å². The third kappa shape index (κ3) is 3.05. The molecule has 0 spiro atoms. The van der Waals surface area contributed by atoms with Gasteiger partial charge >= 0.3 is 6.18 Å². The quantitative estimate of drug-likeness (QED) is 0.805. The van der Waals surface area contributed by atoms with Crippen LogP contribution in [0.5, 0.6) is 0 Å². The number of aromatic nitrogens is 4. The van der Waals surface area contributed by atoms with E-state index < -0.39 is 11.7 Å². The van der Waals surface area contributed by atoms with E-state index in [0.717, 1.165) is 12.1 Å². The Morgan fingerprint density at radius 1 is 1.09 bits per heavy atom. The van der Waals surface area contributed by atoms with Crippen LogP contribution in [0.25, 0.3) is 5.69 Å². The van der Waals surface area contributed by atoms with Crippen LogP contribution in [0.4, 0.5) is 24.7 Å². The minimum absolute atomic E-state index is 0.321. The van der Waals surface area contributed by atoms with Gasteiger partial charge in [0.15, 0.2) is 0 Å². The summed E-state index contributed by atoms with van der Waals surface area (Å²) in [5, 5.41) is 7.00. The maximum atomic E-state index is 12.7. The zero-order valence-corrected chi connectivity index (χ0v) is 11.1. The van der Waals surface area contributed by atoms with Gasteiger partial charge in [-0.05, 0) is 18.2 Å². The van der Waals surface area contributed by atoms with Crippen LogP contribution < -0.4 is 5.32 Å². The fourth-order valence-corrected chi connectivity index (χ4v) is 1.86. The number of hydrogen-bond acceptors (Lipinski definition) is 4. The van der Waals surface area contributed by atoms with Crippen LogP contribution in [0.2, 0.25) is 0 Å². The van der Waals surface area contributed by atoms with Crippen LogP contribution in [0, 0.1) is 0 Å². The van der Waals surface area contributed by atoms with Crippen molar-refractivity contribution in [1.29, 1.82) is 0 Å². The maximum Gasteiger partial charge on any atom is 0.416 e. The molecule has 3 aromatic rings. The van der Waals surface area contributed by atoms with Crippen LogP contribution in [0.15, 0.2) is 55.2 Å². The van der Waals surface area contributed by atoms with E-state index in [1.54, 1.807) is 12.3 Å². The number of alkyl halides is 3. The Morgan fingerprint density at radius 2 is 1.95 bits per heavy atom. The SMILES string of the molecule is FC(F)(F)c1cccc(-n2cc(Nc3cnccn3)cn2)c1. The molecule has 0 atom stereocenters. The van der Waals surface area contributed by atoms with E-state index in [1.165, 1.54) is 35.5 Å². The van der Waals surface area contributed by atoms with Crippen molar-refractivity contribution < 1.29 is 13.2 Å². The lowest BCUT2D eigenvalue weighted by Crippen LogP contribution is -2.06. The number of benzene rings is 1. The van der Waals surface area contributed by atoms with Gasteiger partial charge in [-0.1, -0.05) is 6.07 Å². The Morgan fingerprint density at radius 3 is 2.68 bits per heavy atom. The van der Waals surface area contributed by atoms with Crippen molar-refractivity contribution in [1.82, 2.24) is 19.7 Å². The van der Waals surface area contributed by atoms with E-state index in [4.69, 9.17) is 0 Å². The van der Waals surface area contributed by atoms with Crippen molar-refractivity contribution >= 4 is 11.5 Å². The molecule has 2 aromatic heterocycles. The molecule has 22 heavy (non-hydrogen) atoms. The van der Waals surface area contributed by atoms with E-state index >= 15 is 0 Å². The molecule has 0 saturated heterocycles. The first kappa shape index (κ1) is 14.1. The number of nitrogens with zero attached hydrogens (tertiary/aromatic N) is 4. The van der Waals surface area contributed by atoms with Crippen molar-refractivity contribution in [3.63, 3.8) is 0 Å². The topological polar surface area (TPSA) is 55.6 Å². The second kappa shape index (κ2) is 5.47. The van der Waals surface area contributed by atoms with Crippen LogP contribution >= 0.6 is 0 Å². The minimum atomic E-state index is -4.39. The van der Waals surface area contributed by atoms with Crippen molar-refractivity contribution in [3.8, 4) is 5.69 Å². The van der Waals surface area contributed by atoms with Crippen molar-refractivity contribution in [2.75, 3.05) is 5.32 Å². The largest absolute Gasteiger partial charge is 0.416 e. The molecule has 0 amide bonds. The summed E-state index contributed by atoms with van der Waals surface area (Å²) in [7, 11) is 0. The fraction of sp³-hybridized carbons (Fsp3) is 0.0714. The van der Waals surface area contributed by atoms with Gasteiger partial charge < -0.3 is 5.32 Å². The molecule has 112 valence electrons. The molecule has 5 nitrogen and oxygen atoms in total. The molecule has 1 N–H and O–H groups in total. The third-order valence-corrected chi connectivity index (χ3v) is 2.86. The lowest BCUT2D eigenvalue weighted by molar-refractivity contribution is -0.137. The number of rotatable bonds is 3. The second-order valence-electron chi connectivity index (χ2n) is 4.44. The normalized spacial score (nSPS) is 11.4. The molecule has 0 aliphatic rings. The summed E-state index contributed by atoms with van der Waals surface area (Å²) >= 11 is 0. The molecule has 2 heterocycles. The molecular formula is C14H10F3N5. The molecular weight excluding hydrogens is 295 g/mol. The van der Waals surface area contributed by atoms with Gasteiger partial charge in [-0.2, -0.15) is 18.3 Å². The van der Waals surface area contributed by atoms with Gasteiger partial charge in [0.25, 0.3) is 0 Å². The Hall–Kier alpha value is -2.90. The predicted molar refractivity (Wildman–Crippen MR) is 73.9 cm³/mol. The fourth-order valence-electron chi connectivity index (χ4n) is 1.86. The first-order chi connectivity index (χ1) is 10.5. The van der Waals surface area contributed by atoms with E-state index in [-0.39, 0.29) is 0 Å². The molecule has 0 aliphatic heterocycles. The van der Waals surface area contributed by atoms with Crippen LogP contribution in [0.1, 0.15) is 5.56 Å². The van der Waals surface area contributed by atoms with E-state index in [2.05, 4.69) is 20.4 Å². The number of nitrogens with one attached hydrogen (secondary N) is 1. The smallest absolute Gasteiger partial charge is 0.336 e. The number of halogens is 3. The summed E-state index contributed by atoms with van der Waals surface area (Å²) < 4.78 is 39.5. The first-order valence-corrected chi connectivity index (χ1v) is 6.28. The molecule has 0 radical (unpaired) electrons. The van der Waals surface area contributed by atoms with E-state index in [0.29, 0.717) is 17.2 Å². The molecule has 0 fully saturated rings. The summed E-state index contributed by atoms with van der Waals surface area (Å²) in [5.41, 5.74) is 0.198. The number of anilines is 2. The van der Waals surface area contributed by atoms with Gasteiger partial charge in [-0.3, -0.25) is 4.98 Å². The van der Waals surface area contributed by atoms with Crippen LogP contribution in [-0.4, -0.2) is 19.7 Å². The van der Waals surface area contributed by atoms with E-state index in [1.807, 2.05) is 0 Å². The van der Waals surface area contributed by atoms with Gasteiger partial charge in [0.2, 0.25) is 0 Å². The Kier molecular flexibility index (Phi) is 3.50. The molecule has 0 unspecified atom stereocenters. The van der Waals surface area contributed by atoms with Gasteiger partial charge in [0.1, 0.15) is 5.82 Å². The average molecular weight is 305 g/mol. The predicted octanol–water partition coefficient (Wildman–Crippen LogP) is 3.42. The van der Waals surface area contributed by atoms with Gasteiger partial charge in [-0.15, -0.1) is 0 Å². The standard InChI is InChI=1S/C14H10F3N5/c15-14(16,17)10-2-1-3-12(6-10)22-9-11(7-20-22)21-13-8-18-4-5-19-13/h1-9H,(H,19,21). The molecule has 0 saturated carbocycles. The van der Waals surface area contributed by atoms with Crippen LogP contribution in [0.3, 0.4) is 0 Å². The van der Waals surface area contributed by atoms with E-state index in [9.17, 15) is 13.2 Å². The molecule has 3 rings (SSSR count). The first-order valence-electron chi connectivity index (χ1n) is 6.28. The zero-order chi connectivity index (χ0) is 15.6. The third-order valence-electron chi connectivity index (χ3n) is 2.86. The summed E-state index contributed by atoms with van der Waals surface area (Å²) in [6.07, 6.45) is 3.28. The minimum Gasteiger partial charge on any atom is -0.336 e. The second-order valence-corrected chi connectivity index (χ2v) is 4.44. The zero-order valence-electron chi connectivity index (χ0n) is 11.1. The average Bonchev–Trinajstić information content (AvgIpc) is 2.96. The highest BCUT2D eigenvalue weighted by Gasteiger charge is 2.30. The summed E-state index contributed by atoms with van der Waals surface area (Å²) in [5.74, 6) is 0.520. The number of hydrogen-bond donors (Lipinski definition) is 1. The van der Waals surface area contributed by atoms with Gasteiger partial charge in [0, 0.05) is 12.4 Å². The molecule has 8 heteroatoms. The van der Waals surface area contributed by atoms with Crippen molar-refractivity contribution in [3.05, 3.63) is 60.8 Å². The monoisotopic (exact) mass is 305 g/mol. The molecule has 0 aliphatic carbocycles. The Bertz CT molecular complexity index is 767. The highest BCUT2D eigenvalue weighted by Crippen LogP contribution is 2.30. The lowest BCUT2D eigenvalue weighted by atomic mass is 10.2. The summed E-state index contributed by atoms with van der Waals surface area (Å²) in [4.78, 5) is 7.95. The lowest BCUT2D eigenvalue weighted by Gasteiger charge is -2.08. The summed E-state index contributed by atoms with van der Waals surface area (Å²) in [6, 6.07) is 4.95. The molecule has 1 aromatic carbocycles. The summed E-state index contributed by atoms with van der Waals surface area (Å²) in [6.45, 7) is 0. The van der Waals surface area contributed by atoms with Gasteiger partial charge in [-0.25, -0.2) is 9.67 Å². The highest BCUT2D eigenvalue weighted by atomic mass is 19.4.